The maximum atomic E-state index is 12.4. The Hall–Kier alpha value is -3.02. The molecule has 140 valence electrons. The summed E-state index contributed by atoms with van der Waals surface area (Å²) in [6.45, 7) is 1.17. The molecule has 6 nitrogen and oxygen atoms in total. The molecule has 0 radical (unpaired) electrons. The lowest BCUT2D eigenvalue weighted by atomic mass is 9.89. The molecule has 1 fully saturated rings. The Morgan fingerprint density at radius 2 is 1.67 bits per heavy atom. The van der Waals surface area contributed by atoms with E-state index in [1.165, 1.54) is 12.4 Å². The van der Waals surface area contributed by atoms with Gasteiger partial charge in [0.15, 0.2) is 5.78 Å². The van der Waals surface area contributed by atoms with E-state index in [9.17, 15) is 14.4 Å². The Labute approximate surface area is 158 Å². The highest BCUT2D eigenvalue weighted by Crippen LogP contribution is 2.21. The van der Waals surface area contributed by atoms with Crippen LogP contribution in [0.25, 0.3) is 0 Å². The summed E-state index contributed by atoms with van der Waals surface area (Å²) in [6, 6.07) is 12.7. The van der Waals surface area contributed by atoms with Crippen molar-refractivity contribution in [1.82, 2.24) is 9.88 Å². The van der Waals surface area contributed by atoms with E-state index >= 15 is 0 Å². The minimum absolute atomic E-state index is 0.0610. The lowest BCUT2D eigenvalue weighted by molar-refractivity contribution is -0.123. The van der Waals surface area contributed by atoms with Crippen LogP contribution >= 0.6 is 0 Å². The largest absolute Gasteiger partial charge is 0.445 e. The first-order valence-electron chi connectivity index (χ1n) is 9.05. The topological polar surface area (TPSA) is 76.6 Å². The quantitative estimate of drug-likeness (QED) is 0.579. The van der Waals surface area contributed by atoms with E-state index in [-0.39, 0.29) is 36.6 Å². The zero-order valence-electron chi connectivity index (χ0n) is 15.0. The van der Waals surface area contributed by atoms with Crippen LogP contribution in [0.1, 0.15) is 35.2 Å². The van der Waals surface area contributed by atoms with Crippen molar-refractivity contribution < 1.29 is 19.1 Å². The van der Waals surface area contributed by atoms with Gasteiger partial charge in [-0.1, -0.05) is 30.3 Å². The number of carbonyl (C=O) groups is 3. The lowest BCUT2D eigenvalue weighted by Crippen LogP contribution is -2.40. The molecule has 0 saturated carbocycles. The van der Waals surface area contributed by atoms with Gasteiger partial charge in [-0.3, -0.25) is 14.6 Å². The number of ketones is 2. The molecule has 1 saturated heterocycles. The molecule has 2 aromatic rings. The average Bonchev–Trinajstić information content (AvgIpc) is 2.73. The first-order chi connectivity index (χ1) is 13.1. The van der Waals surface area contributed by atoms with Gasteiger partial charge in [0.05, 0.1) is 6.42 Å². The van der Waals surface area contributed by atoms with Crippen molar-refractivity contribution in [2.24, 2.45) is 5.92 Å². The zero-order chi connectivity index (χ0) is 19.1. The molecule has 0 N–H and O–H groups in total. The zero-order valence-corrected chi connectivity index (χ0v) is 15.0. The highest BCUT2D eigenvalue weighted by molar-refractivity contribution is 6.08. The van der Waals surface area contributed by atoms with Crippen LogP contribution in [0.15, 0.2) is 54.9 Å². The average molecular weight is 366 g/mol. The summed E-state index contributed by atoms with van der Waals surface area (Å²) in [5.41, 5.74) is 1.44. The van der Waals surface area contributed by atoms with Gasteiger partial charge in [0.1, 0.15) is 12.4 Å². The number of benzene rings is 1. The van der Waals surface area contributed by atoms with Crippen molar-refractivity contribution >= 4 is 17.7 Å². The second kappa shape index (κ2) is 9.07. The van der Waals surface area contributed by atoms with Crippen LogP contribution < -0.4 is 0 Å². The van der Waals surface area contributed by atoms with Crippen LogP contribution in [0.3, 0.4) is 0 Å². The van der Waals surface area contributed by atoms with Crippen LogP contribution in [0.5, 0.6) is 0 Å². The number of aromatic nitrogens is 1. The number of nitrogens with zero attached hydrogens (tertiary/aromatic N) is 2. The first kappa shape index (κ1) is 18.8. The molecule has 0 unspecified atom stereocenters. The summed E-state index contributed by atoms with van der Waals surface area (Å²) in [5, 5.41) is 0. The van der Waals surface area contributed by atoms with Crippen LogP contribution in [0, 0.1) is 5.92 Å². The van der Waals surface area contributed by atoms with Crippen LogP contribution in [0.2, 0.25) is 0 Å². The minimum atomic E-state index is -0.363. The normalized spacial score (nSPS) is 14.6. The molecule has 1 aliphatic rings. The van der Waals surface area contributed by atoms with Gasteiger partial charge >= 0.3 is 6.09 Å². The molecule has 2 heterocycles. The van der Waals surface area contributed by atoms with Gasteiger partial charge in [0, 0.05) is 37.0 Å². The van der Waals surface area contributed by atoms with Gasteiger partial charge < -0.3 is 9.64 Å². The molecule has 0 spiro atoms. The van der Waals surface area contributed by atoms with Gasteiger partial charge in [0.25, 0.3) is 0 Å². The summed E-state index contributed by atoms with van der Waals surface area (Å²) < 4.78 is 5.33. The summed E-state index contributed by atoms with van der Waals surface area (Å²) in [5.74, 6) is -0.435. The number of hydrogen-bond acceptors (Lipinski definition) is 5. The Kier molecular flexibility index (Phi) is 6.30. The van der Waals surface area contributed by atoms with Crippen molar-refractivity contribution in [3.63, 3.8) is 0 Å². The molecule has 1 aliphatic heterocycles. The number of ether oxygens (including phenoxy) is 1. The number of Topliss-reactive ketones (excluding diaryl/α,β-unsaturated/α-hetero) is 2. The molecule has 1 aromatic heterocycles. The first-order valence-corrected chi connectivity index (χ1v) is 9.05. The molecular weight excluding hydrogens is 344 g/mol. The molecule has 1 aromatic carbocycles. The molecule has 0 atom stereocenters. The van der Waals surface area contributed by atoms with E-state index in [2.05, 4.69) is 4.98 Å². The van der Waals surface area contributed by atoms with E-state index in [4.69, 9.17) is 4.74 Å². The van der Waals surface area contributed by atoms with Crippen molar-refractivity contribution in [1.29, 1.82) is 0 Å². The minimum Gasteiger partial charge on any atom is -0.445 e. The van der Waals surface area contributed by atoms with Crippen LogP contribution in [-0.2, 0) is 16.1 Å². The summed E-state index contributed by atoms with van der Waals surface area (Å²) in [4.78, 5) is 42.2. The highest BCUT2D eigenvalue weighted by Gasteiger charge is 2.29. The third-order valence-corrected chi connectivity index (χ3v) is 4.75. The molecule has 0 bridgehead atoms. The van der Waals surface area contributed by atoms with E-state index in [1.54, 1.807) is 17.0 Å². The fourth-order valence-electron chi connectivity index (χ4n) is 3.14. The van der Waals surface area contributed by atoms with Crippen molar-refractivity contribution in [3.8, 4) is 0 Å². The lowest BCUT2D eigenvalue weighted by Gasteiger charge is -2.30. The fraction of sp³-hybridized carbons (Fsp3) is 0.333. The third kappa shape index (κ3) is 5.23. The van der Waals surface area contributed by atoms with Gasteiger partial charge in [-0.05, 0) is 30.5 Å². The Morgan fingerprint density at radius 1 is 1.00 bits per heavy atom. The second-order valence-electron chi connectivity index (χ2n) is 6.60. The standard InChI is InChI=1S/C21H22N2O4/c24-19(17-6-10-22-11-7-17)14-20(25)18-8-12-23(13-9-18)21(26)27-15-16-4-2-1-3-5-16/h1-7,10-11,18H,8-9,12-15H2. The third-order valence-electron chi connectivity index (χ3n) is 4.75. The van der Waals surface area contributed by atoms with Crippen molar-refractivity contribution in [3.05, 3.63) is 66.0 Å². The maximum Gasteiger partial charge on any atom is 0.410 e. The number of hydrogen-bond donors (Lipinski definition) is 0. The monoisotopic (exact) mass is 366 g/mol. The summed E-state index contributed by atoms with van der Waals surface area (Å²) in [7, 11) is 0. The SMILES string of the molecule is O=C(CC(=O)C1CCN(C(=O)OCc2ccccc2)CC1)c1ccncc1. The summed E-state index contributed by atoms with van der Waals surface area (Å²) in [6.07, 6.45) is 3.73. The van der Waals surface area contributed by atoms with E-state index in [0.717, 1.165) is 5.56 Å². The Bertz CT molecular complexity index is 784. The van der Waals surface area contributed by atoms with Gasteiger partial charge in [-0.25, -0.2) is 4.79 Å². The molecule has 6 heteroatoms. The van der Waals surface area contributed by atoms with E-state index in [0.29, 0.717) is 31.5 Å². The van der Waals surface area contributed by atoms with E-state index < -0.39 is 0 Å². The van der Waals surface area contributed by atoms with Gasteiger partial charge in [-0.15, -0.1) is 0 Å². The highest BCUT2D eigenvalue weighted by atomic mass is 16.6. The molecule has 3 rings (SSSR count). The van der Waals surface area contributed by atoms with Gasteiger partial charge in [-0.2, -0.15) is 0 Å². The number of carbonyl (C=O) groups excluding carboxylic acids is 3. The maximum absolute atomic E-state index is 12.4. The van der Waals surface area contributed by atoms with Crippen LogP contribution in [0.4, 0.5) is 4.79 Å². The van der Waals surface area contributed by atoms with E-state index in [1.807, 2.05) is 30.3 Å². The fourth-order valence-corrected chi connectivity index (χ4v) is 3.14. The number of rotatable bonds is 6. The van der Waals surface area contributed by atoms with Crippen molar-refractivity contribution in [2.75, 3.05) is 13.1 Å². The van der Waals surface area contributed by atoms with Gasteiger partial charge in [0.2, 0.25) is 0 Å². The number of amides is 1. The predicted molar refractivity (Wildman–Crippen MR) is 99.1 cm³/mol. The Balaban J connectivity index is 1.43. The molecular formula is C21H22N2O4. The second-order valence-corrected chi connectivity index (χ2v) is 6.60. The smallest absolute Gasteiger partial charge is 0.410 e. The Morgan fingerprint density at radius 3 is 2.33 bits per heavy atom. The summed E-state index contributed by atoms with van der Waals surface area (Å²) >= 11 is 0. The number of likely N-dealkylation sites (tertiary alicyclic amines) is 1. The predicted octanol–water partition coefficient (Wildman–Crippen LogP) is 3.27. The van der Waals surface area contributed by atoms with Crippen LogP contribution in [-0.4, -0.2) is 40.6 Å². The molecule has 1 amide bonds. The molecule has 0 aliphatic carbocycles. The molecule has 27 heavy (non-hydrogen) atoms. The number of piperidine rings is 1. The number of pyridine rings is 1. The van der Waals surface area contributed by atoms with Crippen molar-refractivity contribution in [2.45, 2.75) is 25.9 Å².